The molecule has 0 bridgehead atoms. The number of carbonyl (C=O) groups is 2. The Hall–Kier alpha value is -1.63. The molecule has 0 radical (unpaired) electrons. The van der Waals surface area contributed by atoms with Crippen LogP contribution >= 0.6 is 11.3 Å². The highest BCUT2D eigenvalue weighted by molar-refractivity contribution is 7.17. The van der Waals surface area contributed by atoms with E-state index in [0.717, 1.165) is 24.2 Å². The largest absolute Gasteiger partial charge is 0.477 e. The quantitative estimate of drug-likeness (QED) is 0.747. The number of nitrogens with one attached hydrogen (secondary N) is 2. The first-order valence-corrected chi connectivity index (χ1v) is 6.56. The number of aromatic carboxylic acids is 1. The van der Waals surface area contributed by atoms with Gasteiger partial charge < -0.3 is 15.7 Å². The summed E-state index contributed by atoms with van der Waals surface area (Å²) in [7, 11) is 0. The summed E-state index contributed by atoms with van der Waals surface area (Å²) in [5.41, 5.74) is 0.463. The van der Waals surface area contributed by atoms with E-state index in [1.165, 1.54) is 0 Å². The predicted octanol–water partition coefficient (Wildman–Crippen LogP) is 1.23. The molecule has 2 rings (SSSR count). The van der Waals surface area contributed by atoms with Crippen molar-refractivity contribution in [1.29, 1.82) is 0 Å². The fourth-order valence-corrected chi connectivity index (χ4v) is 2.35. The van der Waals surface area contributed by atoms with E-state index in [1.807, 2.05) is 0 Å². The van der Waals surface area contributed by atoms with Crippen LogP contribution in [0.5, 0.6) is 0 Å². The van der Waals surface area contributed by atoms with Crippen molar-refractivity contribution in [3.8, 4) is 0 Å². The zero-order valence-electron chi connectivity index (χ0n) is 10.2. The summed E-state index contributed by atoms with van der Waals surface area (Å²) in [4.78, 5) is 26.9. The standard InChI is InChI=1S/C11H15N3O3S/c1-5-8(10(16)17)18-11(12-5)13-6(2)9(15)14-7-3-4-7/h6-7H,3-4H2,1-2H3,(H,12,13)(H,14,15)(H,16,17). The zero-order chi connectivity index (χ0) is 13.3. The minimum atomic E-state index is -0.992. The maximum absolute atomic E-state index is 11.7. The molecule has 1 aliphatic carbocycles. The van der Waals surface area contributed by atoms with Crippen molar-refractivity contribution >= 4 is 28.3 Å². The van der Waals surface area contributed by atoms with Gasteiger partial charge in [0.2, 0.25) is 5.91 Å². The fraction of sp³-hybridized carbons (Fsp3) is 0.545. The first kappa shape index (κ1) is 12.8. The highest BCUT2D eigenvalue weighted by atomic mass is 32.1. The Bertz CT molecular complexity index is 482. The van der Waals surface area contributed by atoms with E-state index in [2.05, 4.69) is 15.6 Å². The highest BCUT2D eigenvalue weighted by Crippen LogP contribution is 2.23. The van der Waals surface area contributed by atoms with Gasteiger partial charge in [0.25, 0.3) is 0 Å². The zero-order valence-corrected chi connectivity index (χ0v) is 11.0. The second kappa shape index (κ2) is 4.93. The van der Waals surface area contributed by atoms with Gasteiger partial charge >= 0.3 is 5.97 Å². The number of aryl methyl sites for hydroxylation is 1. The maximum atomic E-state index is 11.7. The molecule has 6 nitrogen and oxygen atoms in total. The van der Waals surface area contributed by atoms with Gasteiger partial charge in [0, 0.05) is 6.04 Å². The lowest BCUT2D eigenvalue weighted by Crippen LogP contribution is -2.38. The smallest absolute Gasteiger partial charge is 0.347 e. The van der Waals surface area contributed by atoms with E-state index in [-0.39, 0.29) is 10.8 Å². The summed E-state index contributed by atoms with van der Waals surface area (Å²) < 4.78 is 0. The first-order valence-electron chi connectivity index (χ1n) is 5.75. The molecule has 1 heterocycles. The number of nitrogens with zero attached hydrogens (tertiary/aromatic N) is 1. The molecule has 0 aliphatic heterocycles. The molecule has 18 heavy (non-hydrogen) atoms. The molecule has 7 heteroatoms. The molecule has 0 spiro atoms. The van der Waals surface area contributed by atoms with Crippen LogP contribution in [0.15, 0.2) is 0 Å². The number of aromatic nitrogens is 1. The van der Waals surface area contributed by atoms with Gasteiger partial charge in [-0.15, -0.1) is 0 Å². The summed E-state index contributed by atoms with van der Waals surface area (Å²) in [5.74, 6) is -1.07. The van der Waals surface area contributed by atoms with Crippen LogP contribution in [0.3, 0.4) is 0 Å². The van der Waals surface area contributed by atoms with E-state index in [9.17, 15) is 9.59 Å². The number of carboxylic acids is 1. The first-order chi connectivity index (χ1) is 8.47. The van der Waals surface area contributed by atoms with Crippen molar-refractivity contribution in [2.75, 3.05) is 5.32 Å². The molecular weight excluding hydrogens is 254 g/mol. The minimum absolute atomic E-state index is 0.0813. The molecule has 1 unspecified atom stereocenters. The van der Waals surface area contributed by atoms with Crippen LogP contribution in [0.1, 0.15) is 35.1 Å². The van der Waals surface area contributed by atoms with Crippen molar-refractivity contribution < 1.29 is 14.7 Å². The number of rotatable bonds is 5. The molecule has 1 saturated carbocycles. The van der Waals surface area contributed by atoms with E-state index < -0.39 is 12.0 Å². The van der Waals surface area contributed by atoms with Crippen molar-refractivity contribution in [3.05, 3.63) is 10.6 Å². The summed E-state index contributed by atoms with van der Waals surface area (Å²) >= 11 is 1.05. The predicted molar refractivity (Wildman–Crippen MR) is 68.1 cm³/mol. The second-order valence-electron chi connectivity index (χ2n) is 4.39. The normalized spacial score (nSPS) is 16.1. The molecule has 98 valence electrons. The Morgan fingerprint density at radius 3 is 2.67 bits per heavy atom. The Labute approximate surface area is 108 Å². The lowest BCUT2D eigenvalue weighted by molar-refractivity contribution is -0.121. The number of hydrogen-bond acceptors (Lipinski definition) is 5. The lowest BCUT2D eigenvalue weighted by atomic mass is 10.3. The van der Waals surface area contributed by atoms with Crippen LogP contribution in [0.2, 0.25) is 0 Å². The SMILES string of the molecule is Cc1nc(NC(C)C(=O)NC2CC2)sc1C(=O)O. The number of thiazole rings is 1. The van der Waals surface area contributed by atoms with Gasteiger partial charge in [-0.1, -0.05) is 11.3 Å². The van der Waals surface area contributed by atoms with Crippen LogP contribution in [-0.4, -0.2) is 34.1 Å². The van der Waals surface area contributed by atoms with Crippen LogP contribution in [0.25, 0.3) is 0 Å². The van der Waals surface area contributed by atoms with Gasteiger partial charge in [-0.25, -0.2) is 9.78 Å². The molecule has 1 aromatic rings. The van der Waals surface area contributed by atoms with Gasteiger partial charge in [-0.3, -0.25) is 4.79 Å². The van der Waals surface area contributed by atoms with Crippen molar-refractivity contribution in [2.24, 2.45) is 0 Å². The lowest BCUT2D eigenvalue weighted by Gasteiger charge is -2.12. The Balaban J connectivity index is 1.97. The third-order valence-electron chi connectivity index (χ3n) is 2.65. The monoisotopic (exact) mass is 269 g/mol. The van der Waals surface area contributed by atoms with Crippen molar-refractivity contribution in [1.82, 2.24) is 10.3 Å². The van der Waals surface area contributed by atoms with Crippen molar-refractivity contribution in [2.45, 2.75) is 38.8 Å². The van der Waals surface area contributed by atoms with Crippen LogP contribution in [-0.2, 0) is 4.79 Å². The summed E-state index contributed by atoms with van der Waals surface area (Å²) in [6, 6.07) is -0.104. The Morgan fingerprint density at radius 1 is 1.50 bits per heavy atom. The van der Waals surface area contributed by atoms with Gasteiger partial charge in [0.05, 0.1) is 5.69 Å². The number of carboxylic acid groups (broad SMARTS) is 1. The molecule has 0 aromatic carbocycles. The van der Waals surface area contributed by atoms with E-state index in [1.54, 1.807) is 13.8 Å². The van der Waals surface area contributed by atoms with E-state index in [4.69, 9.17) is 5.11 Å². The molecule has 1 atom stereocenters. The van der Waals surface area contributed by atoms with E-state index >= 15 is 0 Å². The third-order valence-corrected chi connectivity index (χ3v) is 3.72. The number of anilines is 1. The Morgan fingerprint density at radius 2 is 2.17 bits per heavy atom. The maximum Gasteiger partial charge on any atom is 0.347 e. The van der Waals surface area contributed by atoms with Gasteiger partial charge in [-0.05, 0) is 26.7 Å². The molecule has 1 fully saturated rings. The minimum Gasteiger partial charge on any atom is -0.477 e. The molecule has 1 aromatic heterocycles. The average Bonchev–Trinajstić information content (AvgIpc) is 3.01. The third kappa shape index (κ3) is 2.98. The summed E-state index contributed by atoms with van der Waals surface area (Å²) in [5, 5.41) is 15.2. The second-order valence-corrected chi connectivity index (χ2v) is 5.39. The molecule has 0 saturated heterocycles. The molecular formula is C11H15N3O3S. The van der Waals surface area contributed by atoms with Gasteiger partial charge in [0.15, 0.2) is 5.13 Å². The molecule has 3 N–H and O–H groups in total. The van der Waals surface area contributed by atoms with Crippen molar-refractivity contribution in [3.63, 3.8) is 0 Å². The number of hydrogen-bond donors (Lipinski definition) is 3. The average molecular weight is 269 g/mol. The summed E-state index contributed by atoms with van der Waals surface area (Å²) in [6.45, 7) is 3.37. The topological polar surface area (TPSA) is 91.3 Å². The number of carbonyl (C=O) groups excluding carboxylic acids is 1. The highest BCUT2D eigenvalue weighted by Gasteiger charge is 2.26. The van der Waals surface area contributed by atoms with Crippen LogP contribution in [0, 0.1) is 6.92 Å². The Kier molecular flexibility index (Phi) is 3.51. The van der Waals surface area contributed by atoms with E-state index in [0.29, 0.717) is 16.9 Å². The number of amides is 1. The van der Waals surface area contributed by atoms with Gasteiger partial charge in [0.1, 0.15) is 10.9 Å². The molecule has 1 amide bonds. The van der Waals surface area contributed by atoms with Crippen LogP contribution in [0.4, 0.5) is 5.13 Å². The molecule has 1 aliphatic rings. The van der Waals surface area contributed by atoms with Gasteiger partial charge in [-0.2, -0.15) is 0 Å². The van der Waals surface area contributed by atoms with Crippen LogP contribution < -0.4 is 10.6 Å². The summed E-state index contributed by atoms with van der Waals surface area (Å²) in [6.07, 6.45) is 2.08. The fourth-order valence-electron chi connectivity index (χ4n) is 1.46.